The number of nitrogens with zero attached hydrogens (tertiary/aromatic N) is 4. The molecule has 3 aromatic rings. The Morgan fingerprint density at radius 3 is 2.78 bits per heavy atom. The van der Waals surface area contributed by atoms with E-state index in [1.807, 2.05) is 10.6 Å². The molecule has 0 amide bonds. The zero-order valence-corrected chi connectivity index (χ0v) is 25.1. The van der Waals surface area contributed by atoms with Gasteiger partial charge in [-0.05, 0) is 63.3 Å². The lowest BCUT2D eigenvalue weighted by Crippen LogP contribution is -2.52. The van der Waals surface area contributed by atoms with Crippen LogP contribution in [0.2, 0.25) is 5.02 Å². The van der Waals surface area contributed by atoms with Crippen LogP contribution in [-0.2, 0) is 0 Å². The molecule has 3 fully saturated rings. The molecule has 7 rings (SSSR count). The zero-order chi connectivity index (χ0) is 28.2. The summed E-state index contributed by atoms with van der Waals surface area (Å²) in [6.45, 7) is 6.24. The van der Waals surface area contributed by atoms with Crippen LogP contribution in [0.5, 0.6) is 0 Å². The molecular formula is C29H33ClFN7OS2. The van der Waals surface area contributed by atoms with Crippen LogP contribution < -0.4 is 36.8 Å². The standard InChI is InChI=1S/C29H33ClFN7OS2/c1-2-22(31)26-23(35-28(32)41-26)11-19-21(30)10-20-24-25(19)40-14-18(8-7-15-4-3-9-33-15)38(24)29(39)36-27(20)37-12-16-5-6-17(13-37)34-16/h2,10-11,15-18,33-34H,1,3-9,12-14H2,(H2,32,35)/b23-11-,26-22-/t15?,16?,17?,18-/m0/s1. The number of nitrogens with one attached hydrogen (secondary N) is 2. The molecule has 0 radical (unpaired) electrons. The van der Waals surface area contributed by atoms with Crippen molar-refractivity contribution in [1.82, 2.24) is 25.2 Å². The summed E-state index contributed by atoms with van der Waals surface area (Å²) in [5.41, 5.74) is 7.34. The molecule has 8 nitrogen and oxygen atoms in total. The summed E-state index contributed by atoms with van der Waals surface area (Å²) in [7, 11) is 0. The SMILES string of the molecule is C=C/C(F)=c1/sc(N)n/c1=C\c1c(Cl)cc2c(N3CC4CCC(C3)N4)nc(=O)n3c2c1SC[C@@H]3CCC1CCCN1. The third-order valence-corrected chi connectivity index (χ3v) is 11.3. The Bertz CT molecular complexity index is 1700. The van der Waals surface area contributed by atoms with Crippen molar-refractivity contribution in [3.63, 3.8) is 0 Å². The molecule has 216 valence electrons. The van der Waals surface area contributed by atoms with Gasteiger partial charge >= 0.3 is 5.69 Å². The molecule has 12 heteroatoms. The Morgan fingerprint density at radius 2 is 2.05 bits per heavy atom. The van der Waals surface area contributed by atoms with Gasteiger partial charge in [-0.3, -0.25) is 4.57 Å². The number of nitrogens with two attached hydrogens (primary N) is 1. The molecule has 41 heavy (non-hydrogen) atoms. The maximum absolute atomic E-state index is 14.7. The average Bonchev–Trinajstić information content (AvgIpc) is 3.70. The molecule has 2 bridgehead atoms. The number of hydrogen-bond donors (Lipinski definition) is 3. The molecule has 0 aliphatic carbocycles. The number of halogens is 2. The largest absolute Gasteiger partial charge is 0.375 e. The maximum atomic E-state index is 14.7. The van der Waals surface area contributed by atoms with E-state index in [9.17, 15) is 9.18 Å². The molecule has 3 unspecified atom stereocenters. The Balaban J connectivity index is 1.43. The van der Waals surface area contributed by atoms with Crippen molar-refractivity contribution < 1.29 is 4.39 Å². The highest BCUT2D eigenvalue weighted by Crippen LogP contribution is 2.45. The number of thiazole rings is 1. The van der Waals surface area contributed by atoms with Gasteiger partial charge in [0.25, 0.3) is 0 Å². The van der Waals surface area contributed by atoms with E-state index in [0.717, 1.165) is 84.3 Å². The zero-order valence-electron chi connectivity index (χ0n) is 22.7. The fourth-order valence-electron chi connectivity index (χ4n) is 6.88. The minimum atomic E-state index is -0.485. The summed E-state index contributed by atoms with van der Waals surface area (Å²) < 4.78 is 16.9. The van der Waals surface area contributed by atoms with Gasteiger partial charge in [-0.15, -0.1) is 11.8 Å². The predicted octanol–water partition coefficient (Wildman–Crippen LogP) is 3.30. The molecule has 4 aliphatic rings. The predicted molar refractivity (Wildman–Crippen MR) is 167 cm³/mol. The molecule has 4 aliphatic heterocycles. The lowest BCUT2D eigenvalue weighted by Gasteiger charge is -2.36. The minimum absolute atomic E-state index is 0.0247. The van der Waals surface area contributed by atoms with Crippen molar-refractivity contribution in [2.75, 3.05) is 36.0 Å². The van der Waals surface area contributed by atoms with Crippen molar-refractivity contribution in [1.29, 1.82) is 0 Å². The highest BCUT2D eigenvalue weighted by atomic mass is 35.5. The van der Waals surface area contributed by atoms with Crippen molar-refractivity contribution in [3.05, 3.63) is 49.7 Å². The van der Waals surface area contributed by atoms with E-state index < -0.39 is 5.83 Å². The molecular weight excluding hydrogens is 581 g/mol. The van der Waals surface area contributed by atoms with Gasteiger partial charge in [0, 0.05) is 63.9 Å². The number of thioether (sulfide) groups is 1. The van der Waals surface area contributed by atoms with Crippen molar-refractivity contribution >= 4 is 68.5 Å². The molecule has 4 N–H and O–H groups in total. The Morgan fingerprint density at radius 1 is 1.24 bits per heavy atom. The van der Waals surface area contributed by atoms with Gasteiger partial charge in [-0.25, -0.2) is 14.2 Å². The first kappa shape index (κ1) is 27.4. The third kappa shape index (κ3) is 4.99. The number of allylic oxidation sites excluding steroid dienone is 1. The first-order chi connectivity index (χ1) is 19.9. The number of aromatic nitrogens is 3. The van der Waals surface area contributed by atoms with Gasteiger partial charge in [0.2, 0.25) is 0 Å². The molecule has 0 spiro atoms. The summed E-state index contributed by atoms with van der Waals surface area (Å²) in [5, 5.41) is 9.32. The van der Waals surface area contributed by atoms with Gasteiger partial charge in [0.15, 0.2) is 5.13 Å². The molecule has 2 aromatic heterocycles. The number of nitrogen functional groups attached to an aromatic ring is 1. The van der Waals surface area contributed by atoms with E-state index in [0.29, 0.717) is 44.4 Å². The van der Waals surface area contributed by atoms with Gasteiger partial charge in [0.1, 0.15) is 11.6 Å². The number of benzene rings is 1. The molecule has 1 aromatic carbocycles. The van der Waals surface area contributed by atoms with Crippen LogP contribution in [0.3, 0.4) is 0 Å². The minimum Gasteiger partial charge on any atom is -0.375 e. The second kappa shape index (κ2) is 11.0. The first-order valence-electron chi connectivity index (χ1n) is 14.3. The normalized spacial score (nSPS) is 26.7. The van der Waals surface area contributed by atoms with Gasteiger partial charge in [-0.1, -0.05) is 29.5 Å². The van der Waals surface area contributed by atoms with Gasteiger partial charge in [0.05, 0.1) is 15.4 Å². The van der Waals surface area contributed by atoms with Gasteiger partial charge in [-0.2, -0.15) is 4.98 Å². The van der Waals surface area contributed by atoms with Crippen molar-refractivity contribution in [2.45, 2.75) is 67.6 Å². The summed E-state index contributed by atoms with van der Waals surface area (Å²) in [6, 6.07) is 3.24. The van der Waals surface area contributed by atoms with Crippen molar-refractivity contribution in [3.8, 4) is 0 Å². The number of fused-ring (bicyclic) bond motifs is 2. The van der Waals surface area contributed by atoms with E-state index in [2.05, 4.69) is 27.1 Å². The topological polar surface area (TPSA) is 101 Å². The second-order valence-corrected chi connectivity index (χ2v) is 13.9. The van der Waals surface area contributed by atoms with Crippen LogP contribution >= 0.6 is 34.7 Å². The monoisotopic (exact) mass is 613 g/mol. The van der Waals surface area contributed by atoms with Crippen molar-refractivity contribution in [2.24, 2.45) is 0 Å². The second-order valence-electron chi connectivity index (χ2n) is 11.4. The Hall–Kier alpha value is -2.44. The highest BCUT2D eigenvalue weighted by Gasteiger charge is 2.35. The molecule has 6 heterocycles. The summed E-state index contributed by atoms with van der Waals surface area (Å²) in [5.74, 6) is 0.951. The van der Waals surface area contributed by atoms with Crippen LogP contribution in [0.4, 0.5) is 15.3 Å². The van der Waals surface area contributed by atoms with E-state index in [4.69, 9.17) is 22.3 Å². The smallest absolute Gasteiger partial charge is 0.350 e. The molecule has 4 atom stereocenters. The van der Waals surface area contributed by atoms with E-state index in [-0.39, 0.29) is 16.9 Å². The summed E-state index contributed by atoms with van der Waals surface area (Å²) >= 11 is 9.79. The van der Waals surface area contributed by atoms with Crippen LogP contribution in [0.1, 0.15) is 50.1 Å². The van der Waals surface area contributed by atoms with E-state index in [1.165, 1.54) is 12.8 Å². The van der Waals surface area contributed by atoms with Crippen LogP contribution in [0.25, 0.3) is 22.8 Å². The third-order valence-electron chi connectivity index (χ3n) is 8.79. The number of anilines is 2. The van der Waals surface area contributed by atoms with E-state index >= 15 is 0 Å². The highest BCUT2D eigenvalue weighted by molar-refractivity contribution is 7.99. The maximum Gasteiger partial charge on any atom is 0.350 e. The number of hydrogen-bond acceptors (Lipinski definition) is 9. The van der Waals surface area contributed by atoms with Crippen LogP contribution in [-0.4, -0.2) is 58.0 Å². The fourth-order valence-corrected chi connectivity index (χ4v) is 9.28. The molecule has 3 saturated heterocycles. The van der Waals surface area contributed by atoms with E-state index in [1.54, 1.807) is 17.8 Å². The lowest BCUT2D eigenvalue weighted by atomic mass is 10.0. The fraction of sp³-hybridized carbons (Fsp3) is 0.483. The van der Waals surface area contributed by atoms with Gasteiger partial charge < -0.3 is 21.3 Å². The Kier molecular flexibility index (Phi) is 7.35. The lowest BCUT2D eigenvalue weighted by molar-refractivity contribution is 0.434. The Labute approximate surface area is 250 Å². The first-order valence-corrected chi connectivity index (χ1v) is 16.5. The number of piperazine rings is 1. The summed E-state index contributed by atoms with van der Waals surface area (Å²) in [4.78, 5) is 26.2. The van der Waals surface area contributed by atoms with Crippen LogP contribution in [0.15, 0.2) is 28.4 Å². The molecule has 0 saturated carbocycles. The quantitative estimate of drug-likeness (QED) is 0.389. The number of rotatable bonds is 6. The average molecular weight is 614 g/mol. The summed E-state index contributed by atoms with van der Waals surface area (Å²) in [6.07, 6.45) is 9.49. The van der Waals surface area contributed by atoms with Crippen LogP contribution in [0, 0.1) is 0 Å².